The third-order valence-corrected chi connectivity index (χ3v) is 4.27. The van der Waals surface area contributed by atoms with Crippen LogP contribution in [0.5, 0.6) is 0 Å². The van der Waals surface area contributed by atoms with E-state index in [0.29, 0.717) is 25.5 Å². The fraction of sp³-hybridized carbons (Fsp3) is 0.375. The first-order valence-electron chi connectivity index (χ1n) is 7.28. The van der Waals surface area contributed by atoms with Gasteiger partial charge >= 0.3 is 5.97 Å². The molecule has 2 aromatic rings. The molecule has 0 aliphatic rings. The van der Waals surface area contributed by atoms with E-state index in [4.69, 9.17) is 14.6 Å². The Bertz CT molecular complexity index is 697. The molecule has 1 aromatic heterocycles. The van der Waals surface area contributed by atoms with Crippen molar-refractivity contribution < 1.29 is 24.2 Å². The van der Waals surface area contributed by atoms with Crippen molar-refractivity contribution in [1.29, 1.82) is 0 Å². The third kappa shape index (κ3) is 4.75. The zero-order valence-electron chi connectivity index (χ0n) is 13.0. The lowest BCUT2D eigenvalue weighted by Crippen LogP contribution is -2.28. The van der Waals surface area contributed by atoms with E-state index in [1.54, 1.807) is 31.2 Å². The highest BCUT2D eigenvalue weighted by Crippen LogP contribution is 2.28. The van der Waals surface area contributed by atoms with Crippen LogP contribution in [0, 0.1) is 0 Å². The van der Waals surface area contributed by atoms with Gasteiger partial charge in [0, 0.05) is 17.0 Å². The number of aromatic carboxylic acids is 1. The van der Waals surface area contributed by atoms with Crippen molar-refractivity contribution in [2.24, 2.45) is 0 Å². The molecule has 1 heterocycles. The van der Waals surface area contributed by atoms with Crippen LogP contribution in [0.25, 0.3) is 10.1 Å². The van der Waals surface area contributed by atoms with Crippen molar-refractivity contribution in [3.05, 3.63) is 29.1 Å². The zero-order valence-corrected chi connectivity index (χ0v) is 13.8. The van der Waals surface area contributed by atoms with Gasteiger partial charge in [-0.15, -0.1) is 11.3 Å². The number of hydrogen-bond acceptors (Lipinski definition) is 5. The molecule has 1 atom stereocenters. The van der Waals surface area contributed by atoms with Crippen LogP contribution in [0.4, 0.5) is 5.69 Å². The van der Waals surface area contributed by atoms with Gasteiger partial charge in [0.2, 0.25) is 0 Å². The number of rotatable bonds is 8. The first kappa shape index (κ1) is 17.4. The molecule has 23 heavy (non-hydrogen) atoms. The van der Waals surface area contributed by atoms with E-state index in [-0.39, 0.29) is 10.8 Å². The van der Waals surface area contributed by atoms with E-state index in [9.17, 15) is 9.59 Å². The SMILES string of the molecule is CCOCCOC(C)C(=O)Nc1ccc2sc(C(=O)O)cc2c1. The van der Waals surface area contributed by atoms with E-state index in [1.165, 1.54) is 11.3 Å². The molecule has 0 bridgehead atoms. The van der Waals surface area contributed by atoms with Crippen LogP contribution < -0.4 is 5.32 Å². The predicted molar refractivity (Wildman–Crippen MR) is 89.3 cm³/mol. The van der Waals surface area contributed by atoms with Gasteiger partial charge in [0.05, 0.1) is 13.2 Å². The van der Waals surface area contributed by atoms with Crippen LogP contribution in [0.2, 0.25) is 0 Å². The molecular weight excluding hydrogens is 318 g/mol. The van der Waals surface area contributed by atoms with Crippen molar-refractivity contribution in [2.45, 2.75) is 20.0 Å². The summed E-state index contributed by atoms with van der Waals surface area (Å²) >= 11 is 1.20. The average molecular weight is 337 g/mol. The number of anilines is 1. The summed E-state index contributed by atoms with van der Waals surface area (Å²) in [6, 6.07) is 6.89. The number of nitrogens with one attached hydrogen (secondary N) is 1. The highest BCUT2D eigenvalue weighted by Gasteiger charge is 2.14. The minimum Gasteiger partial charge on any atom is -0.477 e. The molecule has 0 saturated heterocycles. The fourth-order valence-corrected chi connectivity index (χ4v) is 2.86. The first-order chi connectivity index (χ1) is 11.0. The molecule has 2 N–H and O–H groups in total. The molecule has 0 aliphatic heterocycles. The van der Waals surface area contributed by atoms with Crippen molar-refractivity contribution in [1.82, 2.24) is 0 Å². The van der Waals surface area contributed by atoms with Gasteiger partial charge in [-0.25, -0.2) is 4.79 Å². The second kappa shape index (κ2) is 8.05. The molecule has 0 spiro atoms. The first-order valence-corrected chi connectivity index (χ1v) is 8.10. The number of fused-ring (bicyclic) bond motifs is 1. The zero-order chi connectivity index (χ0) is 16.8. The number of ether oxygens (including phenoxy) is 2. The third-order valence-electron chi connectivity index (χ3n) is 3.16. The summed E-state index contributed by atoms with van der Waals surface area (Å²) in [6.45, 7) is 4.99. The molecular formula is C16H19NO5S. The summed E-state index contributed by atoms with van der Waals surface area (Å²) < 4.78 is 11.4. The molecule has 1 unspecified atom stereocenters. The molecule has 6 nitrogen and oxygen atoms in total. The molecule has 0 radical (unpaired) electrons. The molecule has 2 rings (SSSR count). The molecule has 1 aromatic carbocycles. The van der Waals surface area contributed by atoms with Crippen molar-refractivity contribution >= 4 is 39.0 Å². The van der Waals surface area contributed by atoms with Gasteiger partial charge in [-0.1, -0.05) is 0 Å². The van der Waals surface area contributed by atoms with E-state index in [0.717, 1.165) is 10.1 Å². The lowest BCUT2D eigenvalue weighted by Gasteiger charge is -2.13. The highest BCUT2D eigenvalue weighted by molar-refractivity contribution is 7.20. The predicted octanol–water partition coefficient (Wildman–Crippen LogP) is 2.98. The number of amides is 1. The summed E-state index contributed by atoms with van der Waals surface area (Å²) in [6.07, 6.45) is -0.594. The van der Waals surface area contributed by atoms with Crippen LogP contribution in [-0.2, 0) is 14.3 Å². The van der Waals surface area contributed by atoms with Crippen molar-refractivity contribution in [3.8, 4) is 0 Å². The maximum Gasteiger partial charge on any atom is 0.345 e. The topological polar surface area (TPSA) is 84.9 Å². The summed E-state index contributed by atoms with van der Waals surface area (Å²) in [5, 5.41) is 12.6. The maximum atomic E-state index is 12.1. The van der Waals surface area contributed by atoms with Crippen molar-refractivity contribution in [3.63, 3.8) is 0 Å². The lowest BCUT2D eigenvalue weighted by molar-refractivity contribution is -0.127. The Labute approximate surface area is 138 Å². The van der Waals surface area contributed by atoms with Gasteiger partial charge in [-0.2, -0.15) is 0 Å². The number of carboxylic acids is 1. The number of thiophene rings is 1. The Balaban J connectivity index is 1.97. The molecule has 0 aliphatic carbocycles. The van der Waals surface area contributed by atoms with E-state index < -0.39 is 12.1 Å². The Morgan fingerprint density at radius 2 is 2.09 bits per heavy atom. The Morgan fingerprint density at radius 1 is 1.30 bits per heavy atom. The van der Waals surface area contributed by atoms with Gasteiger partial charge in [0.1, 0.15) is 11.0 Å². The molecule has 7 heteroatoms. The molecule has 0 saturated carbocycles. The van der Waals surface area contributed by atoms with Gasteiger partial charge in [-0.05, 0) is 43.5 Å². The number of carboxylic acid groups (broad SMARTS) is 1. The summed E-state index contributed by atoms with van der Waals surface area (Å²) in [4.78, 5) is 23.3. The molecule has 0 fully saturated rings. The minimum absolute atomic E-state index is 0.255. The normalized spacial score (nSPS) is 12.3. The summed E-state index contributed by atoms with van der Waals surface area (Å²) in [5.74, 6) is -1.21. The quantitative estimate of drug-likeness (QED) is 0.723. The number of carbonyl (C=O) groups excluding carboxylic acids is 1. The second-order valence-corrected chi connectivity index (χ2v) is 5.95. The Morgan fingerprint density at radius 3 is 2.78 bits per heavy atom. The van der Waals surface area contributed by atoms with Gasteiger partial charge < -0.3 is 19.9 Å². The van der Waals surface area contributed by atoms with Gasteiger partial charge in [0.15, 0.2) is 0 Å². The van der Waals surface area contributed by atoms with Crippen LogP contribution in [0.3, 0.4) is 0 Å². The summed E-state index contributed by atoms with van der Waals surface area (Å²) in [7, 11) is 0. The minimum atomic E-state index is -0.951. The lowest BCUT2D eigenvalue weighted by atomic mass is 10.2. The van der Waals surface area contributed by atoms with Crippen LogP contribution in [0.1, 0.15) is 23.5 Å². The number of hydrogen-bond donors (Lipinski definition) is 2. The standard InChI is InChI=1S/C16H19NO5S/c1-3-21-6-7-22-10(2)15(18)17-12-4-5-13-11(8-12)9-14(23-13)16(19)20/h4-5,8-10H,3,6-7H2,1-2H3,(H,17,18)(H,19,20). The monoisotopic (exact) mass is 337 g/mol. The largest absolute Gasteiger partial charge is 0.477 e. The van der Waals surface area contributed by atoms with Gasteiger partial charge in [-0.3, -0.25) is 4.79 Å². The Kier molecular flexibility index (Phi) is 6.09. The molecule has 124 valence electrons. The fourth-order valence-electron chi connectivity index (χ4n) is 1.97. The van der Waals surface area contributed by atoms with Crippen LogP contribution in [0.15, 0.2) is 24.3 Å². The smallest absolute Gasteiger partial charge is 0.345 e. The average Bonchev–Trinajstić information content (AvgIpc) is 2.95. The van der Waals surface area contributed by atoms with E-state index >= 15 is 0 Å². The Hall–Kier alpha value is -1.96. The van der Waals surface area contributed by atoms with E-state index in [1.807, 2.05) is 6.92 Å². The van der Waals surface area contributed by atoms with E-state index in [2.05, 4.69) is 5.32 Å². The highest BCUT2D eigenvalue weighted by atomic mass is 32.1. The number of benzene rings is 1. The molecule has 1 amide bonds. The van der Waals surface area contributed by atoms with Crippen LogP contribution >= 0.6 is 11.3 Å². The summed E-state index contributed by atoms with van der Waals surface area (Å²) in [5.41, 5.74) is 0.609. The van der Waals surface area contributed by atoms with Crippen molar-refractivity contribution in [2.75, 3.05) is 25.1 Å². The van der Waals surface area contributed by atoms with Crippen LogP contribution in [-0.4, -0.2) is 42.9 Å². The maximum absolute atomic E-state index is 12.1. The van der Waals surface area contributed by atoms with Gasteiger partial charge in [0.25, 0.3) is 5.91 Å². The number of carbonyl (C=O) groups is 2. The second-order valence-electron chi connectivity index (χ2n) is 4.87.